The molecule has 0 bridgehead atoms. The summed E-state index contributed by atoms with van der Waals surface area (Å²) in [7, 11) is 0. The van der Waals surface area contributed by atoms with Gasteiger partial charge < -0.3 is 0 Å². The van der Waals surface area contributed by atoms with Crippen LogP contribution >= 0.6 is 0 Å². The van der Waals surface area contributed by atoms with Crippen molar-refractivity contribution in [2.24, 2.45) is 5.18 Å². The van der Waals surface area contributed by atoms with Gasteiger partial charge in [-0.1, -0.05) is 12.1 Å². The highest BCUT2D eigenvalue weighted by atomic mass is 16.3. The molecule has 0 aliphatic heterocycles. The Kier molecular flexibility index (Phi) is 3.50. The highest BCUT2D eigenvalue weighted by molar-refractivity contribution is 4.50. The van der Waals surface area contributed by atoms with Crippen molar-refractivity contribution in [1.82, 2.24) is 5.32 Å². The molecule has 0 aromatic heterocycles. The molecule has 0 saturated carbocycles. The van der Waals surface area contributed by atoms with E-state index in [0.717, 1.165) is 6.54 Å². The van der Waals surface area contributed by atoms with Crippen molar-refractivity contribution < 1.29 is 0 Å². The molecule has 3 nitrogen and oxygen atoms in total. The minimum Gasteiger partial charge on any atom is -0.293 e. The molecule has 7 heavy (non-hydrogen) atoms. The average Bonchev–Trinajstić information content (AvgIpc) is 1.68. The molecule has 42 valence electrons. The lowest BCUT2D eigenvalue weighted by atomic mass is 10.6. The number of nitroso groups, excluding NO2 is 1. The van der Waals surface area contributed by atoms with Gasteiger partial charge in [0.25, 0.3) is 0 Å². The fourth-order valence-electron chi connectivity index (χ4n) is 0.333. The van der Waals surface area contributed by atoms with E-state index in [0.29, 0.717) is 0 Å². The van der Waals surface area contributed by atoms with Gasteiger partial charge in [-0.2, -0.15) is 0 Å². The van der Waals surface area contributed by atoms with Crippen molar-refractivity contribution in [3.8, 4) is 0 Å². The summed E-state index contributed by atoms with van der Waals surface area (Å²) in [5.74, 6) is 0. The first-order chi connectivity index (χ1) is 3.31. The molecule has 0 fully saturated rings. The molecular weight excluding hydrogens is 92.1 g/mol. The first kappa shape index (κ1) is 6.56. The second kappa shape index (κ2) is 3.74. The fraction of sp³-hybridized carbons (Fsp3) is 1.00. The van der Waals surface area contributed by atoms with Crippen molar-refractivity contribution in [2.45, 2.75) is 20.0 Å². The Bertz CT molecular complexity index is 55.7. The molecule has 0 aromatic rings. The van der Waals surface area contributed by atoms with Gasteiger partial charge in [0.2, 0.25) is 0 Å². The van der Waals surface area contributed by atoms with Crippen LogP contribution in [0.4, 0.5) is 0 Å². The van der Waals surface area contributed by atoms with Crippen molar-refractivity contribution >= 4 is 0 Å². The van der Waals surface area contributed by atoms with E-state index in [9.17, 15) is 4.91 Å². The monoisotopic (exact) mass is 102 g/mol. The number of hydrogen-bond acceptors (Lipinski definition) is 3. The van der Waals surface area contributed by atoms with E-state index in [2.05, 4.69) is 10.5 Å². The van der Waals surface area contributed by atoms with Crippen LogP contribution in [0.3, 0.4) is 0 Å². The van der Waals surface area contributed by atoms with Crippen molar-refractivity contribution in [3.05, 3.63) is 4.91 Å². The minimum atomic E-state index is -0.231. The van der Waals surface area contributed by atoms with E-state index >= 15 is 0 Å². The molecule has 1 atom stereocenters. The zero-order valence-corrected chi connectivity index (χ0v) is 4.64. The molecule has 0 saturated heterocycles. The molecule has 1 N–H and O–H groups in total. The summed E-state index contributed by atoms with van der Waals surface area (Å²) < 4.78 is 0. The lowest BCUT2D eigenvalue weighted by molar-refractivity contribution is 0.587. The van der Waals surface area contributed by atoms with Gasteiger partial charge in [-0.05, 0) is 13.5 Å². The Labute approximate surface area is 43.1 Å². The normalized spacial score (nSPS) is 13.4. The van der Waals surface area contributed by atoms with Gasteiger partial charge in [0.1, 0.15) is 6.17 Å². The van der Waals surface area contributed by atoms with Crippen LogP contribution in [0.1, 0.15) is 13.8 Å². The second-order valence-corrected chi connectivity index (χ2v) is 1.34. The molecule has 0 amide bonds. The third-order valence-corrected chi connectivity index (χ3v) is 0.658. The van der Waals surface area contributed by atoms with Crippen LogP contribution in [0.15, 0.2) is 5.18 Å². The predicted molar refractivity (Wildman–Crippen MR) is 28.9 cm³/mol. The van der Waals surface area contributed by atoms with E-state index in [1.54, 1.807) is 6.92 Å². The zero-order valence-electron chi connectivity index (χ0n) is 4.64. The van der Waals surface area contributed by atoms with Crippen LogP contribution in [-0.2, 0) is 0 Å². The van der Waals surface area contributed by atoms with Crippen LogP contribution in [-0.4, -0.2) is 12.7 Å². The van der Waals surface area contributed by atoms with Crippen LogP contribution in [0.2, 0.25) is 0 Å². The minimum absolute atomic E-state index is 0.231. The lowest BCUT2D eigenvalue weighted by Crippen LogP contribution is -2.22. The maximum Gasteiger partial charge on any atom is 0.139 e. The van der Waals surface area contributed by atoms with Gasteiger partial charge >= 0.3 is 0 Å². The van der Waals surface area contributed by atoms with Crippen molar-refractivity contribution in [3.63, 3.8) is 0 Å². The summed E-state index contributed by atoms with van der Waals surface area (Å²) in [5, 5.41) is 5.53. The first-order valence-corrected chi connectivity index (χ1v) is 2.37. The topological polar surface area (TPSA) is 41.5 Å². The largest absolute Gasteiger partial charge is 0.293 e. The van der Waals surface area contributed by atoms with Gasteiger partial charge in [0.15, 0.2) is 0 Å². The molecule has 0 aliphatic carbocycles. The van der Waals surface area contributed by atoms with Crippen molar-refractivity contribution in [2.75, 3.05) is 6.54 Å². The molecule has 0 spiro atoms. The third-order valence-electron chi connectivity index (χ3n) is 0.658. The maximum absolute atomic E-state index is 9.58. The van der Waals surface area contributed by atoms with Crippen LogP contribution < -0.4 is 5.32 Å². The van der Waals surface area contributed by atoms with E-state index in [-0.39, 0.29) is 6.17 Å². The Balaban J connectivity index is 2.98. The maximum atomic E-state index is 9.58. The molecule has 0 radical (unpaired) electrons. The van der Waals surface area contributed by atoms with Gasteiger partial charge in [0.05, 0.1) is 0 Å². The standard InChI is InChI=1S/C4H10N2O/c1-3-5-4(2)6-7/h4-5H,3H2,1-2H3. The summed E-state index contributed by atoms with van der Waals surface area (Å²) in [5.41, 5.74) is 0. The quantitative estimate of drug-likeness (QED) is 0.533. The van der Waals surface area contributed by atoms with Gasteiger partial charge in [-0.25, -0.2) is 0 Å². The zero-order chi connectivity index (χ0) is 5.70. The van der Waals surface area contributed by atoms with Gasteiger partial charge in [-0.3, -0.25) is 5.32 Å². The predicted octanol–water partition coefficient (Wildman–Crippen LogP) is 0.708. The van der Waals surface area contributed by atoms with Crippen molar-refractivity contribution in [1.29, 1.82) is 0 Å². The molecule has 0 heterocycles. The summed E-state index contributed by atoms with van der Waals surface area (Å²) in [6.45, 7) is 4.45. The van der Waals surface area contributed by atoms with Gasteiger partial charge in [-0.15, -0.1) is 4.91 Å². The van der Waals surface area contributed by atoms with Gasteiger partial charge in [0, 0.05) is 0 Å². The van der Waals surface area contributed by atoms with E-state index in [4.69, 9.17) is 0 Å². The van der Waals surface area contributed by atoms with Crippen LogP contribution in [0.25, 0.3) is 0 Å². The highest BCUT2D eigenvalue weighted by Crippen LogP contribution is 1.77. The Morgan fingerprint density at radius 2 is 2.43 bits per heavy atom. The number of rotatable bonds is 3. The molecule has 0 aliphatic rings. The van der Waals surface area contributed by atoms with E-state index in [1.807, 2.05) is 6.92 Å². The second-order valence-electron chi connectivity index (χ2n) is 1.34. The van der Waals surface area contributed by atoms with E-state index in [1.165, 1.54) is 0 Å². The number of nitrogens with one attached hydrogen (secondary N) is 1. The number of hydrogen-bond donors (Lipinski definition) is 1. The van der Waals surface area contributed by atoms with E-state index < -0.39 is 0 Å². The smallest absolute Gasteiger partial charge is 0.139 e. The Hall–Kier alpha value is -0.440. The molecular formula is C4H10N2O. The molecule has 0 aromatic carbocycles. The summed E-state index contributed by atoms with van der Waals surface area (Å²) >= 11 is 0. The summed E-state index contributed by atoms with van der Waals surface area (Å²) in [4.78, 5) is 9.58. The van der Waals surface area contributed by atoms with Crippen LogP contribution in [0.5, 0.6) is 0 Å². The Morgan fingerprint density at radius 1 is 1.86 bits per heavy atom. The molecule has 0 rings (SSSR count). The third kappa shape index (κ3) is 3.39. The van der Waals surface area contributed by atoms with Crippen LogP contribution in [0, 0.1) is 4.91 Å². The Morgan fingerprint density at radius 3 is 2.57 bits per heavy atom. The summed E-state index contributed by atoms with van der Waals surface area (Å²) in [6, 6.07) is 0. The number of nitrogens with zero attached hydrogens (tertiary/aromatic N) is 1. The fourth-order valence-corrected chi connectivity index (χ4v) is 0.333. The average molecular weight is 102 g/mol. The molecule has 1 unspecified atom stereocenters. The highest BCUT2D eigenvalue weighted by Gasteiger charge is 1.91. The SMILES string of the molecule is CCNC(C)N=O. The summed E-state index contributed by atoms with van der Waals surface area (Å²) in [6.07, 6.45) is -0.231. The molecule has 3 heteroatoms. The first-order valence-electron chi connectivity index (χ1n) is 2.37. The lowest BCUT2D eigenvalue weighted by Gasteiger charge is -1.98.